The van der Waals surface area contributed by atoms with Crippen LogP contribution in [0.15, 0.2) is 30.3 Å². The van der Waals surface area contributed by atoms with Crippen molar-refractivity contribution < 1.29 is 9.50 Å². The average molecular weight is 251 g/mol. The molecule has 0 amide bonds. The molecule has 0 saturated heterocycles. The average Bonchev–Trinajstić information content (AvgIpc) is 2.35. The minimum atomic E-state index is -0.237. The van der Waals surface area contributed by atoms with Gasteiger partial charge in [0.2, 0.25) is 0 Å². The molecule has 1 aromatic carbocycles. The number of aliphatic hydroxyl groups is 1. The first-order chi connectivity index (χ1) is 8.59. The minimum Gasteiger partial charge on any atom is -0.393 e. The number of halogens is 1. The summed E-state index contributed by atoms with van der Waals surface area (Å²) in [5.74, 6) is 0.0921. The second kappa shape index (κ2) is 8.01. The quantitative estimate of drug-likeness (QED) is 0.730. The number of hydrogen-bond donors (Lipinski definition) is 2. The van der Waals surface area contributed by atoms with Crippen molar-refractivity contribution in [2.45, 2.75) is 26.4 Å². The molecule has 18 heavy (non-hydrogen) atoms. The second-order valence-corrected chi connectivity index (χ2v) is 4.76. The summed E-state index contributed by atoms with van der Waals surface area (Å²) in [4.78, 5) is 0. The van der Waals surface area contributed by atoms with Crippen molar-refractivity contribution in [2.24, 2.45) is 5.92 Å². The Balaban J connectivity index is 2.16. The molecule has 1 unspecified atom stereocenters. The summed E-state index contributed by atoms with van der Waals surface area (Å²) >= 11 is 0. The minimum absolute atomic E-state index is 0.215. The summed E-state index contributed by atoms with van der Waals surface area (Å²) < 4.78 is 12.7. The molecule has 1 aromatic rings. The molecule has 1 atom stereocenters. The van der Waals surface area contributed by atoms with Gasteiger partial charge in [0.1, 0.15) is 5.82 Å². The van der Waals surface area contributed by atoms with Crippen LogP contribution in [0.3, 0.4) is 0 Å². The van der Waals surface area contributed by atoms with E-state index in [9.17, 15) is 9.50 Å². The van der Waals surface area contributed by atoms with Crippen molar-refractivity contribution >= 4 is 6.08 Å². The van der Waals surface area contributed by atoms with E-state index in [0.29, 0.717) is 5.92 Å². The molecule has 0 saturated carbocycles. The summed E-state index contributed by atoms with van der Waals surface area (Å²) in [6.45, 7) is 5.58. The maximum Gasteiger partial charge on any atom is 0.123 e. The van der Waals surface area contributed by atoms with Crippen LogP contribution < -0.4 is 5.32 Å². The standard InChI is InChI=1S/C15H22FNO/c1-12(2)15(18)9-11-17-10-3-4-13-5-7-14(16)8-6-13/h3-8,12,15,17-18H,9-11H2,1-2H3/b4-3+. The zero-order valence-electron chi connectivity index (χ0n) is 11.1. The Bertz CT molecular complexity index is 359. The van der Waals surface area contributed by atoms with Crippen molar-refractivity contribution in [3.63, 3.8) is 0 Å². The van der Waals surface area contributed by atoms with Gasteiger partial charge in [-0.15, -0.1) is 0 Å². The molecule has 0 spiro atoms. The van der Waals surface area contributed by atoms with Gasteiger partial charge >= 0.3 is 0 Å². The van der Waals surface area contributed by atoms with Crippen LogP contribution in [-0.2, 0) is 0 Å². The van der Waals surface area contributed by atoms with Crippen LogP contribution in [0.2, 0.25) is 0 Å². The van der Waals surface area contributed by atoms with Gasteiger partial charge in [0.05, 0.1) is 6.10 Å². The number of benzene rings is 1. The number of aliphatic hydroxyl groups excluding tert-OH is 1. The lowest BCUT2D eigenvalue weighted by atomic mass is 10.0. The first-order valence-corrected chi connectivity index (χ1v) is 6.40. The van der Waals surface area contributed by atoms with Gasteiger partial charge in [0, 0.05) is 6.54 Å². The van der Waals surface area contributed by atoms with E-state index >= 15 is 0 Å². The Hall–Kier alpha value is -1.19. The molecule has 0 heterocycles. The van der Waals surface area contributed by atoms with E-state index in [-0.39, 0.29) is 11.9 Å². The van der Waals surface area contributed by atoms with Crippen LogP contribution in [0, 0.1) is 11.7 Å². The summed E-state index contributed by atoms with van der Waals surface area (Å²) in [5, 5.41) is 12.8. The van der Waals surface area contributed by atoms with Crippen molar-refractivity contribution in [1.82, 2.24) is 5.32 Å². The highest BCUT2D eigenvalue weighted by Crippen LogP contribution is 2.05. The third kappa shape index (κ3) is 5.94. The van der Waals surface area contributed by atoms with Crippen molar-refractivity contribution in [2.75, 3.05) is 13.1 Å². The second-order valence-electron chi connectivity index (χ2n) is 4.76. The normalized spacial score (nSPS) is 13.4. The molecule has 1 rings (SSSR count). The zero-order chi connectivity index (χ0) is 13.4. The fourth-order valence-electron chi connectivity index (χ4n) is 1.54. The monoisotopic (exact) mass is 251 g/mol. The topological polar surface area (TPSA) is 32.3 Å². The summed E-state index contributed by atoms with van der Waals surface area (Å²) in [7, 11) is 0. The highest BCUT2D eigenvalue weighted by atomic mass is 19.1. The van der Waals surface area contributed by atoms with Crippen LogP contribution >= 0.6 is 0 Å². The first kappa shape index (κ1) is 14.9. The van der Waals surface area contributed by atoms with Crippen LogP contribution in [0.25, 0.3) is 6.08 Å². The molecule has 2 nitrogen and oxygen atoms in total. The molecular weight excluding hydrogens is 229 g/mol. The Morgan fingerprint density at radius 3 is 2.56 bits per heavy atom. The molecular formula is C15H22FNO. The van der Waals surface area contributed by atoms with E-state index in [4.69, 9.17) is 0 Å². The van der Waals surface area contributed by atoms with E-state index in [1.54, 1.807) is 12.1 Å². The lowest BCUT2D eigenvalue weighted by Crippen LogP contribution is -2.23. The Morgan fingerprint density at radius 2 is 1.94 bits per heavy atom. The van der Waals surface area contributed by atoms with E-state index in [0.717, 1.165) is 25.1 Å². The van der Waals surface area contributed by atoms with Gasteiger partial charge in [0.15, 0.2) is 0 Å². The Kier molecular flexibility index (Phi) is 6.61. The largest absolute Gasteiger partial charge is 0.393 e. The third-order valence-corrected chi connectivity index (χ3v) is 2.83. The fraction of sp³-hybridized carbons (Fsp3) is 0.467. The smallest absolute Gasteiger partial charge is 0.123 e. The lowest BCUT2D eigenvalue weighted by molar-refractivity contribution is 0.116. The Labute approximate surface area is 109 Å². The number of hydrogen-bond acceptors (Lipinski definition) is 2. The Morgan fingerprint density at radius 1 is 1.28 bits per heavy atom. The van der Waals surface area contributed by atoms with Crippen LogP contribution in [0.5, 0.6) is 0 Å². The van der Waals surface area contributed by atoms with Crippen LogP contribution in [0.1, 0.15) is 25.8 Å². The van der Waals surface area contributed by atoms with Crippen molar-refractivity contribution in [3.8, 4) is 0 Å². The molecule has 3 heteroatoms. The maximum atomic E-state index is 12.7. The van der Waals surface area contributed by atoms with E-state index < -0.39 is 0 Å². The van der Waals surface area contributed by atoms with E-state index in [1.165, 1.54) is 12.1 Å². The SMILES string of the molecule is CC(C)C(O)CCNC/C=C/c1ccc(F)cc1. The van der Waals surface area contributed by atoms with Gasteiger partial charge < -0.3 is 10.4 Å². The zero-order valence-corrected chi connectivity index (χ0v) is 11.1. The molecule has 0 aliphatic rings. The fourth-order valence-corrected chi connectivity index (χ4v) is 1.54. The highest BCUT2D eigenvalue weighted by Gasteiger charge is 2.07. The van der Waals surface area contributed by atoms with Gasteiger partial charge in [-0.1, -0.05) is 38.1 Å². The number of nitrogens with one attached hydrogen (secondary N) is 1. The van der Waals surface area contributed by atoms with E-state index in [1.807, 2.05) is 26.0 Å². The molecule has 0 radical (unpaired) electrons. The van der Waals surface area contributed by atoms with Gasteiger partial charge in [-0.2, -0.15) is 0 Å². The molecule has 0 fully saturated rings. The predicted octanol–water partition coefficient (Wildman–Crippen LogP) is 2.84. The maximum absolute atomic E-state index is 12.7. The van der Waals surface area contributed by atoms with E-state index in [2.05, 4.69) is 5.32 Å². The molecule has 0 aliphatic heterocycles. The molecule has 0 aromatic heterocycles. The lowest BCUT2D eigenvalue weighted by Gasteiger charge is -2.13. The molecule has 0 bridgehead atoms. The van der Waals surface area contributed by atoms with Gasteiger partial charge in [-0.25, -0.2) is 4.39 Å². The summed E-state index contributed by atoms with van der Waals surface area (Å²) in [6, 6.07) is 6.39. The third-order valence-electron chi connectivity index (χ3n) is 2.83. The molecule has 2 N–H and O–H groups in total. The van der Waals surface area contributed by atoms with Crippen molar-refractivity contribution in [3.05, 3.63) is 41.7 Å². The number of rotatable bonds is 7. The van der Waals surface area contributed by atoms with Gasteiger partial charge in [-0.05, 0) is 36.6 Å². The summed E-state index contributed by atoms with van der Waals surface area (Å²) in [5.41, 5.74) is 0.986. The molecule has 0 aliphatic carbocycles. The van der Waals surface area contributed by atoms with Crippen molar-refractivity contribution in [1.29, 1.82) is 0 Å². The van der Waals surface area contributed by atoms with Gasteiger partial charge in [-0.3, -0.25) is 0 Å². The van der Waals surface area contributed by atoms with Crippen LogP contribution in [0.4, 0.5) is 4.39 Å². The van der Waals surface area contributed by atoms with Gasteiger partial charge in [0.25, 0.3) is 0 Å². The summed E-state index contributed by atoms with van der Waals surface area (Å²) in [6.07, 6.45) is 4.47. The van der Waals surface area contributed by atoms with Crippen LogP contribution in [-0.4, -0.2) is 24.3 Å². The first-order valence-electron chi connectivity index (χ1n) is 6.40. The highest BCUT2D eigenvalue weighted by molar-refractivity contribution is 5.48. The molecule has 100 valence electrons. The predicted molar refractivity (Wildman–Crippen MR) is 73.8 cm³/mol.